The molecule has 0 bridgehead atoms. The largest absolute Gasteiger partial charge is 0.380 e. The fourth-order valence-corrected chi connectivity index (χ4v) is 3.41. The fourth-order valence-electron chi connectivity index (χ4n) is 3.41. The molecule has 1 aliphatic carbocycles. The summed E-state index contributed by atoms with van der Waals surface area (Å²) in [5, 5.41) is 10.4. The van der Waals surface area contributed by atoms with Gasteiger partial charge in [0.25, 0.3) is 11.8 Å². The number of carbonyl (C=O) groups excluding carboxylic acids is 2. The van der Waals surface area contributed by atoms with Crippen LogP contribution in [0.15, 0.2) is 18.2 Å². The Kier molecular flexibility index (Phi) is 4.54. The van der Waals surface area contributed by atoms with Gasteiger partial charge in [-0.1, -0.05) is 0 Å². The summed E-state index contributed by atoms with van der Waals surface area (Å²) in [5.41, 5.74) is -1.44. The van der Waals surface area contributed by atoms with E-state index in [0.717, 1.165) is 25.0 Å². The average Bonchev–Trinajstić information content (AvgIpc) is 3.02. The van der Waals surface area contributed by atoms with Gasteiger partial charge in [0.1, 0.15) is 17.2 Å². The molecule has 1 saturated heterocycles. The second-order valence-electron chi connectivity index (χ2n) is 6.45. The maximum Gasteiger partial charge on any atom is 0.256 e. The molecule has 5 nitrogen and oxygen atoms in total. The molecule has 1 saturated carbocycles. The lowest BCUT2D eigenvalue weighted by atomic mass is 10.00. The maximum absolute atomic E-state index is 13.7. The molecule has 7 heteroatoms. The number of carbonyl (C=O) groups is 2. The Balaban J connectivity index is 1.62. The van der Waals surface area contributed by atoms with Gasteiger partial charge in [-0.25, -0.2) is 8.78 Å². The molecule has 1 aromatic carbocycles. The quantitative estimate of drug-likeness (QED) is 0.890. The fraction of sp³-hybridized carbons (Fsp3) is 0.529. The molecule has 1 aromatic rings. The minimum Gasteiger partial charge on any atom is -0.380 e. The number of amides is 2. The highest BCUT2D eigenvalue weighted by molar-refractivity contribution is 5.94. The van der Waals surface area contributed by atoms with Gasteiger partial charge in [-0.15, -0.1) is 0 Å². The molecule has 0 spiro atoms. The van der Waals surface area contributed by atoms with Crippen LogP contribution in [0.4, 0.5) is 8.78 Å². The summed E-state index contributed by atoms with van der Waals surface area (Å²) in [4.78, 5) is 27.8. The molecular formula is C17H20F2N2O3. The zero-order valence-corrected chi connectivity index (χ0v) is 13.3. The Morgan fingerprint density at radius 3 is 2.17 bits per heavy atom. The third kappa shape index (κ3) is 3.13. The van der Waals surface area contributed by atoms with Crippen LogP contribution in [0, 0.1) is 11.6 Å². The first-order chi connectivity index (χ1) is 11.4. The first-order valence-electron chi connectivity index (χ1n) is 8.17. The number of rotatable bonds is 2. The molecule has 0 atom stereocenters. The molecule has 2 aliphatic rings. The van der Waals surface area contributed by atoms with Crippen molar-refractivity contribution < 1.29 is 23.5 Å². The lowest BCUT2D eigenvalue weighted by Crippen LogP contribution is -2.56. The van der Waals surface area contributed by atoms with Gasteiger partial charge in [0, 0.05) is 32.2 Å². The standard InChI is InChI=1S/C17H20F2N2O3/c18-12-3-4-13(14(19)11-12)15(22)20-7-9-21(10-8-20)16(23)17(24)5-1-2-6-17/h3-4,11,24H,1-2,5-10H2. The molecular weight excluding hydrogens is 318 g/mol. The van der Waals surface area contributed by atoms with Crippen LogP contribution in [-0.2, 0) is 4.79 Å². The summed E-state index contributed by atoms with van der Waals surface area (Å²) >= 11 is 0. The molecule has 1 heterocycles. The van der Waals surface area contributed by atoms with Gasteiger partial charge in [0.2, 0.25) is 0 Å². The SMILES string of the molecule is O=C(c1ccc(F)cc1F)N1CCN(C(=O)C2(O)CCCC2)CC1. The summed E-state index contributed by atoms with van der Waals surface area (Å²) in [6.07, 6.45) is 2.63. The average molecular weight is 338 g/mol. The normalized spacial score (nSPS) is 20.3. The van der Waals surface area contributed by atoms with E-state index in [2.05, 4.69) is 0 Å². The zero-order valence-electron chi connectivity index (χ0n) is 13.3. The Labute approximate surface area is 138 Å². The van der Waals surface area contributed by atoms with E-state index in [9.17, 15) is 23.5 Å². The van der Waals surface area contributed by atoms with Crippen molar-refractivity contribution in [1.29, 1.82) is 0 Å². The van der Waals surface area contributed by atoms with E-state index >= 15 is 0 Å². The Morgan fingerprint density at radius 2 is 1.58 bits per heavy atom. The van der Waals surface area contributed by atoms with Crippen molar-refractivity contribution in [1.82, 2.24) is 9.80 Å². The van der Waals surface area contributed by atoms with Crippen LogP contribution in [-0.4, -0.2) is 58.5 Å². The van der Waals surface area contributed by atoms with Crippen LogP contribution in [0.3, 0.4) is 0 Å². The predicted molar refractivity (Wildman–Crippen MR) is 82.3 cm³/mol. The summed E-state index contributed by atoms with van der Waals surface area (Å²) in [5.74, 6) is -2.41. The minimum atomic E-state index is -1.27. The highest BCUT2D eigenvalue weighted by Crippen LogP contribution is 2.31. The van der Waals surface area contributed by atoms with Crippen molar-refractivity contribution in [2.45, 2.75) is 31.3 Å². The number of piperazine rings is 1. The first-order valence-corrected chi connectivity index (χ1v) is 8.17. The number of hydrogen-bond acceptors (Lipinski definition) is 3. The molecule has 0 unspecified atom stereocenters. The van der Waals surface area contributed by atoms with E-state index in [1.807, 2.05) is 0 Å². The second-order valence-corrected chi connectivity index (χ2v) is 6.45. The Hall–Kier alpha value is -2.02. The van der Waals surface area contributed by atoms with Gasteiger partial charge < -0.3 is 14.9 Å². The highest BCUT2D eigenvalue weighted by atomic mass is 19.1. The third-order valence-electron chi connectivity index (χ3n) is 4.84. The van der Waals surface area contributed by atoms with E-state index in [0.29, 0.717) is 32.0 Å². The molecule has 3 rings (SSSR count). The highest BCUT2D eigenvalue weighted by Gasteiger charge is 2.42. The summed E-state index contributed by atoms with van der Waals surface area (Å²) in [6, 6.07) is 2.86. The monoisotopic (exact) mass is 338 g/mol. The number of halogens is 2. The van der Waals surface area contributed by atoms with Crippen LogP contribution in [0.2, 0.25) is 0 Å². The lowest BCUT2D eigenvalue weighted by molar-refractivity contribution is -0.152. The topological polar surface area (TPSA) is 60.9 Å². The van der Waals surface area contributed by atoms with E-state index in [-0.39, 0.29) is 24.6 Å². The van der Waals surface area contributed by atoms with Crippen LogP contribution in [0.25, 0.3) is 0 Å². The minimum absolute atomic E-state index is 0.175. The summed E-state index contributed by atoms with van der Waals surface area (Å²) in [7, 11) is 0. The Morgan fingerprint density at radius 1 is 1.00 bits per heavy atom. The molecule has 0 aromatic heterocycles. The zero-order chi connectivity index (χ0) is 17.3. The molecule has 130 valence electrons. The number of aliphatic hydroxyl groups is 1. The van der Waals surface area contributed by atoms with Gasteiger partial charge in [-0.2, -0.15) is 0 Å². The Bertz CT molecular complexity index is 651. The van der Waals surface area contributed by atoms with Gasteiger partial charge in [0.15, 0.2) is 0 Å². The van der Waals surface area contributed by atoms with Crippen molar-refractivity contribution in [3.63, 3.8) is 0 Å². The van der Waals surface area contributed by atoms with E-state index < -0.39 is 23.1 Å². The lowest BCUT2D eigenvalue weighted by Gasteiger charge is -2.38. The van der Waals surface area contributed by atoms with Gasteiger partial charge >= 0.3 is 0 Å². The molecule has 2 amide bonds. The third-order valence-corrected chi connectivity index (χ3v) is 4.84. The van der Waals surface area contributed by atoms with Crippen LogP contribution >= 0.6 is 0 Å². The van der Waals surface area contributed by atoms with Crippen LogP contribution < -0.4 is 0 Å². The molecule has 0 radical (unpaired) electrons. The summed E-state index contributed by atoms with van der Waals surface area (Å²) in [6.45, 7) is 1.13. The molecule has 2 fully saturated rings. The van der Waals surface area contributed by atoms with Gasteiger partial charge in [0.05, 0.1) is 5.56 Å². The second kappa shape index (κ2) is 6.47. The van der Waals surface area contributed by atoms with Crippen LogP contribution in [0.5, 0.6) is 0 Å². The first kappa shape index (κ1) is 16.8. The van der Waals surface area contributed by atoms with Crippen molar-refractivity contribution in [3.8, 4) is 0 Å². The number of benzene rings is 1. The van der Waals surface area contributed by atoms with Crippen LogP contribution in [0.1, 0.15) is 36.0 Å². The molecule has 1 N–H and O–H groups in total. The van der Waals surface area contributed by atoms with Crippen molar-refractivity contribution in [2.75, 3.05) is 26.2 Å². The number of nitrogens with zero attached hydrogens (tertiary/aromatic N) is 2. The smallest absolute Gasteiger partial charge is 0.256 e. The van der Waals surface area contributed by atoms with Gasteiger partial charge in [-0.05, 0) is 37.8 Å². The summed E-state index contributed by atoms with van der Waals surface area (Å²) < 4.78 is 26.7. The van der Waals surface area contributed by atoms with E-state index in [4.69, 9.17) is 0 Å². The molecule has 24 heavy (non-hydrogen) atoms. The maximum atomic E-state index is 13.7. The van der Waals surface area contributed by atoms with Crippen molar-refractivity contribution in [3.05, 3.63) is 35.4 Å². The predicted octanol–water partition coefficient (Wildman–Crippen LogP) is 1.55. The van der Waals surface area contributed by atoms with Crippen molar-refractivity contribution >= 4 is 11.8 Å². The van der Waals surface area contributed by atoms with Gasteiger partial charge in [-0.3, -0.25) is 9.59 Å². The van der Waals surface area contributed by atoms with Crippen molar-refractivity contribution in [2.24, 2.45) is 0 Å². The number of hydrogen-bond donors (Lipinski definition) is 1. The van der Waals surface area contributed by atoms with E-state index in [1.54, 1.807) is 4.90 Å². The van der Waals surface area contributed by atoms with E-state index in [1.165, 1.54) is 4.90 Å². The molecule has 1 aliphatic heterocycles.